The summed E-state index contributed by atoms with van der Waals surface area (Å²) in [5, 5.41) is 0. The van der Waals surface area contributed by atoms with Crippen LogP contribution in [0.15, 0.2) is 0 Å². The Kier molecular flexibility index (Phi) is 13.9. The number of rotatable bonds is 3. The van der Waals surface area contributed by atoms with Gasteiger partial charge in [0.25, 0.3) is 0 Å². The summed E-state index contributed by atoms with van der Waals surface area (Å²) in [5.41, 5.74) is 5.77. The van der Waals surface area contributed by atoms with Crippen molar-refractivity contribution in [3.8, 4) is 0 Å². The van der Waals surface area contributed by atoms with Crippen LogP contribution in [0.1, 0.15) is 13.3 Å². The maximum absolute atomic E-state index is 2.95. The lowest BCUT2D eigenvalue weighted by molar-refractivity contribution is 0.590. The molecule has 0 atom stereocenters. The maximum atomic E-state index is 2.95. The van der Waals surface area contributed by atoms with E-state index in [-0.39, 0.29) is 12.4 Å². The van der Waals surface area contributed by atoms with Gasteiger partial charge in [-0.15, -0.1) is 12.4 Å². The molecule has 0 bridgehead atoms. The second kappa shape index (κ2) is 9.51. The number of hydrazine groups is 1. The molecule has 0 radical (unpaired) electrons. The standard InChI is InChI=1S/C4H12N2.ClH/c1-3-4-6-5-2;/h5-6H,3-4H2,1-2H3;1H. The predicted octanol–water partition coefficient (Wildman–Crippen LogP) is 0.542. The fourth-order valence-corrected chi connectivity index (χ4v) is 0.250. The molecular formula is C4H13ClN2. The number of halogens is 1. The lowest BCUT2D eigenvalue weighted by Crippen LogP contribution is -2.27. The zero-order chi connectivity index (χ0) is 4.83. The van der Waals surface area contributed by atoms with Crippen molar-refractivity contribution in [2.24, 2.45) is 0 Å². The Labute approximate surface area is 51.1 Å². The van der Waals surface area contributed by atoms with Crippen LogP contribution in [0.3, 0.4) is 0 Å². The van der Waals surface area contributed by atoms with Crippen molar-refractivity contribution >= 4 is 12.4 Å². The third-order valence-electron chi connectivity index (χ3n) is 0.552. The Morgan fingerprint density at radius 2 is 2.00 bits per heavy atom. The Balaban J connectivity index is 0. The van der Waals surface area contributed by atoms with Gasteiger partial charge in [-0.3, -0.25) is 10.9 Å². The van der Waals surface area contributed by atoms with E-state index in [4.69, 9.17) is 0 Å². The molecule has 0 aliphatic heterocycles. The summed E-state index contributed by atoms with van der Waals surface area (Å²) in [4.78, 5) is 0. The van der Waals surface area contributed by atoms with Crippen molar-refractivity contribution in [3.05, 3.63) is 0 Å². The van der Waals surface area contributed by atoms with E-state index in [1.54, 1.807) is 0 Å². The third-order valence-corrected chi connectivity index (χ3v) is 0.552. The summed E-state index contributed by atoms with van der Waals surface area (Å²) >= 11 is 0. The van der Waals surface area contributed by atoms with Crippen LogP contribution in [0.5, 0.6) is 0 Å². The predicted molar refractivity (Wildman–Crippen MR) is 34.6 cm³/mol. The molecular weight excluding hydrogens is 112 g/mol. The molecule has 0 aromatic heterocycles. The van der Waals surface area contributed by atoms with E-state index in [2.05, 4.69) is 17.8 Å². The molecule has 0 aliphatic carbocycles. The molecule has 0 aliphatic rings. The van der Waals surface area contributed by atoms with E-state index in [0.717, 1.165) is 6.54 Å². The highest BCUT2D eigenvalue weighted by molar-refractivity contribution is 5.85. The zero-order valence-corrected chi connectivity index (χ0v) is 5.64. The van der Waals surface area contributed by atoms with Gasteiger partial charge in [-0.05, 0) is 13.5 Å². The normalized spacial score (nSPS) is 7.71. The van der Waals surface area contributed by atoms with Crippen molar-refractivity contribution in [1.29, 1.82) is 0 Å². The van der Waals surface area contributed by atoms with Gasteiger partial charge in [-0.1, -0.05) is 6.92 Å². The Morgan fingerprint density at radius 1 is 1.43 bits per heavy atom. The van der Waals surface area contributed by atoms with Crippen LogP contribution in [0.4, 0.5) is 0 Å². The van der Waals surface area contributed by atoms with Crippen LogP contribution in [-0.2, 0) is 0 Å². The van der Waals surface area contributed by atoms with Gasteiger partial charge in [-0.25, -0.2) is 0 Å². The first kappa shape index (κ1) is 10.2. The van der Waals surface area contributed by atoms with Crippen molar-refractivity contribution in [2.45, 2.75) is 13.3 Å². The second-order valence-electron chi connectivity index (χ2n) is 1.18. The van der Waals surface area contributed by atoms with Crippen molar-refractivity contribution in [3.63, 3.8) is 0 Å². The van der Waals surface area contributed by atoms with Crippen LogP contribution >= 0.6 is 12.4 Å². The van der Waals surface area contributed by atoms with Gasteiger partial charge in [0.2, 0.25) is 0 Å². The van der Waals surface area contributed by atoms with E-state index >= 15 is 0 Å². The minimum Gasteiger partial charge on any atom is -0.261 e. The SMILES string of the molecule is CCCNNC.Cl. The minimum atomic E-state index is 0. The molecule has 7 heavy (non-hydrogen) atoms. The van der Waals surface area contributed by atoms with E-state index in [0.29, 0.717) is 0 Å². The molecule has 0 heterocycles. The van der Waals surface area contributed by atoms with Gasteiger partial charge in [0.15, 0.2) is 0 Å². The lowest BCUT2D eigenvalue weighted by atomic mass is 10.5. The molecule has 0 fully saturated rings. The molecule has 0 aromatic carbocycles. The summed E-state index contributed by atoms with van der Waals surface area (Å²) in [6.45, 7) is 3.18. The molecule has 2 nitrogen and oxygen atoms in total. The summed E-state index contributed by atoms with van der Waals surface area (Å²) in [7, 11) is 1.87. The monoisotopic (exact) mass is 124 g/mol. The average molecular weight is 125 g/mol. The molecule has 0 saturated heterocycles. The lowest BCUT2D eigenvalue weighted by Gasteiger charge is -1.94. The van der Waals surface area contributed by atoms with Gasteiger partial charge in [0.05, 0.1) is 0 Å². The highest BCUT2D eigenvalue weighted by Crippen LogP contribution is 1.62. The van der Waals surface area contributed by atoms with Crippen LogP contribution in [0.25, 0.3) is 0 Å². The van der Waals surface area contributed by atoms with E-state index in [1.807, 2.05) is 7.05 Å². The quantitative estimate of drug-likeness (QED) is 0.424. The third kappa shape index (κ3) is 10.7. The molecule has 0 aromatic rings. The van der Waals surface area contributed by atoms with E-state index < -0.39 is 0 Å². The topological polar surface area (TPSA) is 24.1 Å². The van der Waals surface area contributed by atoms with Crippen LogP contribution < -0.4 is 10.9 Å². The van der Waals surface area contributed by atoms with Crippen molar-refractivity contribution < 1.29 is 0 Å². The molecule has 0 amide bonds. The van der Waals surface area contributed by atoms with E-state index in [9.17, 15) is 0 Å². The smallest absolute Gasteiger partial charge is 0.00970 e. The summed E-state index contributed by atoms with van der Waals surface area (Å²) in [6.07, 6.45) is 1.18. The first-order chi connectivity index (χ1) is 2.91. The fourth-order valence-electron chi connectivity index (χ4n) is 0.250. The highest BCUT2D eigenvalue weighted by atomic mass is 35.5. The minimum absolute atomic E-state index is 0. The van der Waals surface area contributed by atoms with Crippen molar-refractivity contribution in [1.82, 2.24) is 10.9 Å². The Hall–Kier alpha value is 0.210. The van der Waals surface area contributed by atoms with Crippen molar-refractivity contribution in [2.75, 3.05) is 13.6 Å². The van der Waals surface area contributed by atoms with Gasteiger partial charge in [-0.2, -0.15) is 0 Å². The molecule has 0 unspecified atom stereocenters. The largest absolute Gasteiger partial charge is 0.261 e. The van der Waals surface area contributed by atoms with Gasteiger partial charge < -0.3 is 0 Å². The summed E-state index contributed by atoms with van der Waals surface area (Å²) < 4.78 is 0. The first-order valence-electron chi connectivity index (χ1n) is 2.31. The van der Waals surface area contributed by atoms with Gasteiger partial charge >= 0.3 is 0 Å². The van der Waals surface area contributed by atoms with Crippen LogP contribution in [0.2, 0.25) is 0 Å². The molecule has 3 heteroatoms. The zero-order valence-electron chi connectivity index (χ0n) is 4.82. The molecule has 46 valence electrons. The second-order valence-corrected chi connectivity index (χ2v) is 1.18. The maximum Gasteiger partial charge on any atom is 0.00970 e. The molecule has 0 saturated carbocycles. The number of nitrogens with one attached hydrogen (secondary N) is 2. The van der Waals surface area contributed by atoms with E-state index in [1.165, 1.54) is 6.42 Å². The molecule has 0 rings (SSSR count). The fraction of sp³-hybridized carbons (Fsp3) is 1.00. The van der Waals surface area contributed by atoms with Crippen LogP contribution in [-0.4, -0.2) is 13.6 Å². The average Bonchev–Trinajstić information content (AvgIpc) is 1.61. The van der Waals surface area contributed by atoms with Gasteiger partial charge in [0.1, 0.15) is 0 Å². The number of hydrogen-bond donors (Lipinski definition) is 2. The highest BCUT2D eigenvalue weighted by Gasteiger charge is 1.69. The van der Waals surface area contributed by atoms with Crippen LogP contribution in [0, 0.1) is 0 Å². The Morgan fingerprint density at radius 3 is 2.14 bits per heavy atom. The summed E-state index contributed by atoms with van der Waals surface area (Å²) in [5.74, 6) is 0. The molecule has 2 N–H and O–H groups in total. The van der Waals surface area contributed by atoms with Gasteiger partial charge in [0, 0.05) is 6.54 Å². The number of hydrogen-bond acceptors (Lipinski definition) is 2. The molecule has 0 spiro atoms. The Bertz CT molecular complexity index is 21.7. The first-order valence-corrected chi connectivity index (χ1v) is 2.31. The summed E-state index contributed by atoms with van der Waals surface area (Å²) in [6, 6.07) is 0.